The van der Waals surface area contributed by atoms with Crippen LogP contribution in [0.1, 0.15) is 20.3 Å². The summed E-state index contributed by atoms with van der Waals surface area (Å²) in [6, 6.07) is 10.3. The molecule has 3 nitrogen and oxygen atoms in total. The Hall–Kier alpha value is -1.55. The van der Waals surface area contributed by atoms with Crippen LogP contribution in [-0.2, 0) is 0 Å². The van der Waals surface area contributed by atoms with Crippen molar-refractivity contribution in [3.8, 4) is 0 Å². The predicted molar refractivity (Wildman–Crippen MR) is 92.3 cm³/mol. The summed E-state index contributed by atoms with van der Waals surface area (Å²) in [6.45, 7) is 5.65. The van der Waals surface area contributed by atoms with E-state index in [2.05, 4.69) is 42.9 Å². The van der Waals surface area contributed by atoms with Crippen LogP contribution in [0.25, 0.3) is 10.9 Å². The van der Waals surface area contributed by atoms with Crippen molar-refractivity contribution in [1.82, 2.24) is 9.88 Å². The van der Waals surface area contributed by atoms with Crippen LogP contribution in [0.4, 0.5) is 5.69 Å². The standard InChI is InChI=1S/C17H21N3S/c1-12(2)8-15-11-20(3)17(21-15)19-14-9-13-6-4-5-7-16(13)18-10-14/h4-7,9-10,12,15H,8,11H2,1-3H3. The maximum absolute atomic E-state index is 4.79. The zero-order valence-electron chi connectivity index (χ0n) is 12.8. The Morgan fingerprint density at radius 2 is 2.19 bits per heavy atom. The van der Waals surface area contributed by atoms with Crippen molar-refractivity contribution in [1.29, 1.82) is 0 Å². The van der Waals surface area contributed by atoms with Crippen molar-refractivity contribution in [2.24, 2.45) is 10.9 Å². The highest BCUT2D eigenvalue weighted by molar-refractivity contribution is 8.14. The number of hydrogen-bond acceptors (Lipinski definition) is 3. The predicted octanol–water partition coefficient (Wildman–Crippen LogP) is 4.32. The van der Waals surface area contributed by atoms with Crippen molar-refractivity contribution < 1.29 is 0 Å². The Morgan fingerprint density at radius 1 is 1.38 bits per heavy atom. The summed E-state index contributed by atoms with van der Waals surface area (Å²) in [6.07, 6.45) is 3.10. The lowest BCUT2D eigenvalue weighted by Crippen LogP contribution is -2.20. The number of rotatable bonds is 3. The number of benzene rings is 1. The van der Waals surface area contributed by atoms with E-state index in [1.807, 2.05) is 36.2 Å². The molecule has 4 heteroatoms. The lowest BCUT2D eigenvalue weighted by molar-refractivity contribution is 0.475. The third kappa shape index (κ3) is 3.38. The van der Waals surface area contributed by atoms with Gasteiger partial charge in [0.05, 0.1) is 17.4 Å². The van der Waals surface area contributed by atoms with Crippen LogP contribution in [0.5, 0.6) is 0 Å². The van der Waals surface area contributed by atoms with Gasteiger partial charge in [0.2, 0.25) is 0 Å². The van der Waals surface area contributed by atoms with Crippen molar-refractivity contribution in [2.45, 2.75) is 25.5 Å². The molecule has 0 bridgehead atoms. The van der Waals surface area contributed by atoms with Gasteiger partial charge in [-0.2, -0.15) is 0 Å². The normalized spacial score (nSPS) is 20.9. The van der Waals surface area contributed by atoms with Crippen LogP contribution in [0, 0.1) is 5.92 Å². The molecule has 1 aliphatic heterocycles. The smallest absolute Gasteiger partial charge is 0.164 e. The highest BCUT2D eigenvalue weighted by atomic mass is 32.2. The fraction of sp³-hybridized carbons (Fsp3) is 0.412. The van der Waals surface area contributed by atoms with Gasteiger partial charge in [0.1, 0.15) is 0 Å². The SMILES string of the molecule is CC(C)CC1CN(C)C(=Nc2cnc3ccccc3c2)S1. The van der Waals surface area contributed by atoms with Gasteiger partial charge in [-0.15, -0.1) is 0 Å². The summed E-state index contributed by atoms with van der Waals surface area (Å²) in [4.78, 5) is 11.5. The zero-order valence-corrected chi connectivity index (χ0v) is 13.6. The maximum atomic E-state index is 4.79. The number of fused-ring (bicyclic) bond motifs is 1. The van der Waals surface area contributed by atoms with Crippen LogP contribution in [-0.4, -0.2) is 33.9 Å². The first kappa shape index (κ1) is 14.4. The number of amidine groups is 1. The Morgan fingerprint density at radius 3 is 3.00 bits per heavy atom. The van der Waals surface area contributed by atoms with Crippen molar-refractivity contribution >= 4 is 33.5 Å². The molecule has 0 saturated carbocycles. The molecule has 1 fully saturated rings. The van der Waals surface area contributed by atoms with E-state index in [9.17, 15) is 0 Å². The van der Waals surface area contributed by atoms with Crippen LogP contribution in [0.2, 0.25) is 0 Å². The topological polar surface area (TPSA) is 28.5 Å². The third-order valence-corrected chi connectivity index (χ3v) is 4.90. The van der Waals surface area contributed by atoms with Gasteiger partial charge in [-0.3, -0.25) is 4.98 Å². The molecule has 21 heavy (non-hydrogen) atoms. The summed E-state index contributed by atoms with van der Waals surface area (Å²) in [5.41, 5.74) is 1.96. The van der Waals surface area contributed by atoms with E-state index in [1.165, 1.54) is 6.42 Å². The van der Waals surface area contributed by atoms with Gasteiger partial charge in [-0.05, 0) is 24.5 Å². The molecule has 0 radical (unpaired) electrons. The maximum Gasteiger partial charge on any atom is 0.164 e. The molecule has 1 unspecified atom stereocenters. The van der Waals surface area contributed by atoms with Gasteiger partial charge in [0, 0.05) is 24.2 Å². The molecule has 0 N–H and O–H groups in total. The summed E-state index contributed by atoms with van der Waals surface area (Å²) >= 11 is 1.90. The molecule has 1 atom stereocenters. The molecule has 110 valence electrons. The lowest BCUT2D eigenvalue weighted by Gasteiger charge is -2.11. The van der Waals surface area contributed by atoms with Gasteiger partial charge in [0.25, 0.3) is 0 Å². The van der Waals surface area contributed by atoms with Crippen molar-refractivity contribution in [3.05, 3.63) is 36.5 Å². The molecule has 0 aliphatic carbocycles. The van der Waals surface area contributed by atoms with Gasteiger partial charge in [0.15, 0.2) is 5.17 Å². The number of nitrogens with zero attached hydrogens (tertiary/aromatic N) is 3. The largest absolute Gasteiger partial charge is 0.353 e. The second-order valence-corrected chi connectivity index (χ2v) is 7.30. The molecule has 2 heterocycles. The van der Waals surface area contributed by atoms with E-state index in [0.717, 1.165) is 34.2 Å². The third-order valence-electron chi connectivity index (χ3n) is 3.61. The first-order chi connectivity index (χ1) is 10.1. The Balaban J connectivity index is 1.82. The number of aromatic nitrogens is 1. The summed E-state index contributed by atoms with van der Waals surface area (Å²) in [5, 5.41) is 2.91. The monoisotopic (exact) mass is 299 g/mol. The van der Waals surface area contributed by atoms with Crippen LogP contribution in [0.3, 0.4) is 0 Å². The summed E-state index contributed by atoms with van der Waals surface area (Å²) in [5.74, 6) is 0.734. The Bertz CT molecular complexity index is 666. The molecule has 0 spiro atoms. The number of para-hydroxylation sites is 1. The molecule has 1 aliphatic rings. The molecular formula is C17H21N3S. The van der Waals surface area contributed by atoms with E-state index in [4.69, 9.17) is 4.99 Å². The van der Waals surface area contributed by atoms with Gasteiger partial charge >= 0.3 is 0 Å². The van der Waals surface area contributed by atoms with Gasteiger partial charge in [-0.25, -0.2) is 4.99 Å². The fourth-order valence-corrected chi connectivity index (χ4v) is 4.14. The summed E-state index contributed by atoms with van der Waals surface area (Å²) < 4.78 is 0. The second-order valence-electron chi connectivity index (χ2n) is 6.03. The van der Waals surface area contributed by atoms with E-state index in [-0.39, 0.29) is 0 Å². The van der Waals surface area contributed by atoms with Gasteiger partial charge in [-0.1, -0.05) is 43.8 Å². The molecular weight excluding hydrogens is 278 g/mol. The number of pyridine rings is 1. The minimum absolute atomic E-state index is 0.655. The Labute approximate surface area is 130 Å². The first-order valence-electron chi connectivity index (χ1n) is 7.43. The average Bonchev–Trinajstić information content (AvgIpc) is 2.77. The van der Waals surface area contributed by atoms with E-state index >= 15 is 0 Å². The lowest BCUT2D eigenvalue weighted by atomic mass is 10.1. The van der Waals surface area contributed by atoms with Crippen LogP contribution < -0.4 is 0 Å². The molecule has 2 aromatic rings. The number of thioether (sulfide) groups is 1. The second kappa shape index (κ2) is 6.06. The average molecular weight is 299 g/mol. The molecule has 1 aromatic carbocycles. The van der Waals surface area contributed by atoms with E-state index < -0.39 is 0 Å². The molecule has 3 rings (SSSR count). The van der Waals surface area contributed by atoms with E-state index in [1.54, 1.807) is 0 Å². The highest BCUT2D eigenvalue weighted by Crippen LogP contribution is 2.31. The number of hydrogen-bond donors (Lipinski definition) is 0. The van der Waals surface area contributed by atoms with Gasteiger partial charge < -0.3 is 4.90 Å². The van der Waals surface area contributed by atoms with Crippen LogP contribution >= 0.6 is 11.8 Å². The van der Waals surface area contributed by atoms with E-state index in [0.29, 0.717) is 5.25 Å². The minimum atomic E-state index is 0.655. The molecule has 0 amide bonds. The quantitative estimate of drug-likeness (QED) is 0.845. The zero-order chi connectivity index (χ0) is 14.8. The Kier molecular flexibility index (Phi) is 4.15. The van der Waals surface area contributed by atoms with Crippen molar-refractivity contribution in [3.63, 3.8) is 0 Å². The molecule has 1 aromatic heterocycles. The number of aliphatic imine (C=N–C) groups is 1. The first-order valence-corrected chi connectivity index (χ1v) is 8.31. The highest BCUT2D eigenvalue weighted by Gasteiger charge is 2.26. The van der Waals surface area contributed by atoms with Crippen molar-refractivity contribution in [2.75, 3.05) is 13.6 Å². The van der Waals surface area contributed by atoms with Crippen LogP contribution in [0.15, 0.2) is 41.5 Å². The minimum Gasteiger partial charge on any atom is -0.353 e. The molecule has 1 saturated heterocycles. The fourth-order valence-electron chi connectivity index (χ4n) is 2.65. The summed E-state index contributed by atoms with van der Waals surface area (Å²) in [7, 11) is 2.13.